The number of rotatable bonds is 10. The molecular weight excluding hydrogens is 374 g/mol. The fourth-order valence-corrected chi connectivity index (χ4v) is 4.25. The number of carbonyl (C=O) groups is 2. The van der Waals surface area contributed by atoms with Gasteiger partial charge < -0.3 is 19.2 Å². The van der Waals surface area contributed by atoms with E-state index in [1.165, 1.54) is 12.3 Å². The molecule has 1 amide bonds. The second-order valence-electron chi connectivity index (χ2n) is 9.03. The zero-order valence-electron chi connectivity index (χ0n) is 18.6. The van der Waals surface area contributed by atoms with Crippen molar-refractivity contribution >= 4 is 20.2 Å². The van der Waals surface area contributed by atoms with Crippen LogP contribution in [0.15, 0.2) is 25.0 Å². The van der Waals surface area contributed by atoms with E-state index in [2.05, 4.69) is 45.8 Å². The molecule has 28 heavy (non-hydrogen) atoms. The lowest BCUT2D eigenvalue weighted by atomic mass is 9.79. The second-order valence-corrected chi connectivity index (χ2v) is 13.8. The van der Waals surface area contributed by atoms with Crippen molar-refractivity contribution in [3.05, 3.63) is 25.0 Å². The van der Waals surface area contributed by atoms with Gasteiger partial charge in [-0.25, -0.2) is 4.79 Å². The molecule has 1 rings (SSSR count). The van der Waals surface area contributed by atoms with Crippen LogP contribution < -0.4 is 5.32 Å². The normalized spacial score (nSPS) is 23.4. The minimum absolute atomic E-state index is 0.0184. The SMILES string of the molecule is C=CCOC(=O)[C@@H](C)O/C=C/[C@@H](C)[C@@H]1NC(=O)[C@@H]1[C@@H](C)O[Si](C)(C)C(C)(C)C. The molecule has 160 valence electrons. The number of amides is 1. The van der Waals surface area contributed by atoms with Crippen molar-refractivity contribution in [1.82, 2.24) is 5.32 Å². The van der Waals surface area contributed by atoms with Gasteiger partial charge in [0.05, 0.1) is 18.3 Å². The van der Waals surface area contributed by atoms with E-state index < -0.39 is 20.4 Å². The van der Waals surface area contributed by atoms with Gasteiger partial charge in [0.2, 0.25) is 5.91 Å². The topological polar surface area (TPSA) is 73.9 Å². The van der Waals surface area contributed by atoms with Crippen LogP contribution in [0.5, 0.6) is 0 Å². The molecule has 0 aromatic carbocycles. The highest BCUT2D eigenvalue weighted by atomic mass is 28.4. The smallest absolute Gasteiger partial charge is 0.347 e. The summed E-state index contributed by atoms with van der Waals surface area (Å²) in [6.07, 6.45) is 4.02. The van der Waals surface area contributed by atoms with E-state index in [0.717, 1.165) is 0 Å². The molecule has 0 saturated carbocycles. The summed E-state index contributed by atoms with van der Waals surface area (Å²) in [5.74, 6) is -0.560. The molecule has 1 aliphatic heterocycles. The molecule has 5 atom stereocenters. The lowest BCUT2D eigenvalue weighted by Gasteiger charge is -2.46. The van der Waals surface area contributed by atoms with E-state index in [9.17, 15) is 9.59 Å². The molecule has 0 bridgehead atoms. The van der Waals surface area contributed by atoms with Crippen LogP contribution in [0.2, 0.25) is 18.1 Å². The van der Waals surface area contributed by atoms with E-state index in [1.807, 2.05) is 19.9 Å². The molecule has 1 fully saturated rings. The molecule has 0 aliphatic carbocycles. The van der Waals surface area contributed by atoms with Crippen molar-refractivity contribution in [3.63, 3.8) is 0 Å². The lowest BCUT2D eigenvalue weighted by Crippen LogP contribution is -2.65. The van der Waals surface area contributed by atoms with Crippen LogP contribution in [0.1, 0.15) is 41.5 Å². The van der Waals surface area contributed by atoms with Gasteiger partial charge in [0.15, 0.2) is 14.4 Å². The van der Waals surface area contributed by atoms with Gasteiger partial charge in [-0.3, -0.25) is 4.79 Å². The first kappa shape index (κ1) is 24.4. The third-order valence-corrected chi connectivity index (χ3v) is 10.3. The third-order valence-electron chi connectivity index (χ3n) is 5.70. The van der Waals surface area contributed by atoms with Crippen molar-refractivity contribution < 1.29 is 23.5 Å². The van der Waals surface area contributed by atoms with Gasteiger partial charge in [0.25, 0.3) is 0 Å². The first-order valence-electron chi connectivity index (χ1n) is 9.89. The fourth-order valence-electron chi connectivity index (χ4n) is 2.82. The van der Waals surface area contributed by atoms with Crippen LogP contribution in [0, 0.1) is 11.8 Å². The van der Waals surface area contributed by atoms with E-state index >= 15 is 0 Å². The molecule has 1 heterocycles. The number of ether oxygens (including phenoxy) is 2. The molecular formula is C21H37NO5Si. The van der Waals surface area contributed by atoms with Gasteiger partial charge in [-0.2, -0.15) is 0 Å². The number of β-lactam (4-membered cyclic amide) rings is 1. The Morgan fingerprint density at radius 2 is 1.89 bits per heavy atom. The monoisotopic (exact) mass is 411 g/mol. The average molecular weight is 412 g/mol. The number of hydrogen-bond donors (Lipinski definition) is 1. The molecule has 0 unspecified atom stereocenters. The van der Waals surface area contributed by atoms with Gasteiger partial charge in [-0.1, -0.05) is 40.3 Å². The highest BCUT2D eigenvalue weighted by molar-refractivity contribution is 6.74. The van der Waals surface area contributed by atoms with Crippen LogP contribution in [0.3, 0.4) is 0 Å². The summed E-state index contributed by atoms with van der Waals surface area (Å²) < 4.78 is 16.8. The second kappa shape index (κ2) is 9.74. The number of carbonyl (C=O) groups excluding carboxylic acids is 2. The van der Waals surface area contributed by atoms with Crippen molar-refractivity contribution in [2.24, 2.45) is 11.8 Å². The van der Waals surface area contributed by atoms with Gasteiger partial charge in [-0.05, 0) is 44.0 Å². The predicted molar refractivity (Wildman–Crippen MR) is 113 cm³/mol. The highest BCUT2D eigenvalue weighted by Gasteiger charge is 2.48. The summed E-state index contributed by atoms with van der Waals surface area (Å²) in [5, 5.41) is 3.06. The van der Waals surface area contributed by atoms with Gasteiger partial charge in [0.1, 0.15) is 6.61 Å². The Hall–Kier alpha value is -1.60. The number of nitrogens with one attached hydrogen (secondary N) is 1. The third kappa shape index (κ3) is 6.20. The van der Waals surface area contributed by atoms with E-state index in [1.54, 1.807) is 6.92 Å². The Morgan fingerprint density at radius 1 is 1.29 bits per heavy atom. The maximum absolute atomic E-state index is 12.2. The first-order chi connectivity index (χ1) is 12.8. The molecule has 1 saturated heterocycles. The van der Waals surface area contributed by atoms with Crippen molar-refractivity contribution in [2.45, 2.75) is 77.9 Å². The van der Waals surface area contributed by atoms with Crippen molar-refractivity contribution in [1.29, 1.82) is 0 Å². The average Bonchev–Trinajstić information content (AvgIpc) is 2.55. The molecule has 1 aliphatic rings. The van der Waals surface area contributed by atoms with Crippen molar-refractivity contribution in [3.8, 4) is 0 Å². The first-order valence-corrected chi connectivity index (χ1v) is 12.8. The predicted octanol–water partition coefficient (Wildman–Crippen LogP) is 3.80. The molecule has 0 radical (unpaired) electrons. The Bertz CT molecular complexity index is 596. The summed E-state index contributed by atoms with van der Waals surface area (Å²) in [4.78, 5) is 23.9. The zero-order valence-corrected chi connectivity index (χ0v) is 19.6. The Morgan fingerprint density at radius 3 is 2.39 bits per heavy atom. The zero-order chi connectivity index (χ0) is 21.7. The van der Waals surface area contributed by atoms with Gasteiger partial charge in [-0.15, -0.1) is 0 Å². The number of esters is 1. The molecule has 7 heteroatoms. The number of hydrogen-bond acceptors (Lipinski definition) is 5. The maximum Gasteiger partial charge on any atom is 0.347 e. The quantitative estimate of drug-likeness (QED) is 0.195. The summed E-state index contributed by atoms with van der Waals surface area (Å²) in [6, 6.07) is -0.0184. The minimum atomic E-state index is -1.95. The van der Waals surface area contributed by atoms with Crippen LogP contribution in [0.4, 0.5) is 0 Å². The summed E-state index contributed by atoms with van der Waals surface area (Å²) in [6.45, 7) is 20.2. The summed E-state index contributed by atoms with van der Waals surface area (Å²) >= 11 is 0. The van der Waals surface area contributed by atoms with Crippen LogP contribution >= 0.6 is 0 Å². The molecule has 0 aromatic heterocycles. The summed E-state index contributed by atoms with van der Waals surface area (Å²) in [7, 11) is -1.95. The van der Waals surface area contributed by atoms with Crippen LogP contribution in [0.25, 0.3) is 0 Å². The van der Waals surface area contributed by atoms with Crippen LogP contribution in [-0.4, -0.2) is 45.1 Å². The largest absolute Gasteiger partial charge is 0.487 e. The van der Waals surface area contributed by atoms with E-state index in [-0.39, 0.29) is 41.5 Å². The van der Waals surface area contributed by atoms with Crippen LogP contribution in [-0.2, 0) is 23.5 Å². The molecule has 6 nitrogen and oxygen atoms in total. The maximum atomic E-state index is 12.2. The van der Waals surface area contributed by atoms with Gasteiger partial charge >= 0.3 is 5.97 Å². The van der Waals surface area contributed by atoms with E-state index in [4.69, 9.17) is 13.9 Å². The standard InChI is InChI=1S/C21H37NO5Si/c1-10-12-26-20(24)16(4)25-13-11-14(2)18-17(19(23)22-18)15(3)27-28(8,9)21(5,6)7/h10-11,13-18H,1,12H2,2-9H3,(H,22,23)/b13-11+/t14-,15-,16-,17-,18+/m1/s1. The lowest BCUT2D eigenvalue weighted by molar-refractivity contribution is -0.151. The molecule has 0 aromatic rings. The minimum Gasteiger partial charge on any atom is -0.487 e. The van der Waals surface area contributed by atoms with E-state index in [0.29, 0.717) is 0 Å². The molecule has 0 spiro atoms. The Balaban J connectivity index is 2.63. The summed E-state index contributed by atoms with van der Waals surface area (Å²) in [5.41, 5.74) is 0. The fraction of sp³-hybridized carbons (Fsp3) is 0.714. The molecule has 1 N–H and O–H groups in total. The Kier molecular flexibility index (Phi) is 8.50. The Labute approximate surface area is 170 Å². The highest BCUT2D eigenvalue weighted by Crippen LogP contribution is 2.39. The van der Waals surface area contributed by atoms with Crippen molar-refractivity contribution in [2.75, 3.05) is 6.61 Å². The van der Waals surface area contributed by atoms with Gasteiger partial charge in [0, 0.05) is 6.04 Å².